The van der Waals surface area contributed by atoms with Crippen LogP contribution in [0.15, 0.2) is 0 Å². The number of hydrogen-bond acceptors (Lipinski definition) is 4. The second-order valence-electron chi connectivity index (χ2n) is 11.4. The summed E-state index contributed by atoms with van der Waals surface area (Å²) >= 11 is -0.125. The van der Waals surface area contributed by atoms with Gasteiger partial charge in [-0.3, -0.25) is 0 Å². The van der Waals surface area contributed by atoms with Crippen LogP contribution in [0.4, 0.5) is 0 Å². The van der Waals surface area contributed by atoms with E-state index in [4.69, 9.17) is 10.4 Å². The van der Waals surface area contributed by atoms with Gasteiger partial charge in [0.1, 0.15) is 0 Å². The van der Waals surface area contributed by atoms with Gasteiger partial charge < -0.3 is 10.4 Å². The summed E-state index contributed by atoms with van der Waals surface area (Å²) in [6.45, 7) is 28.3. The van der Waals surface area contributed by atoms with Crippen molar-refractivity contribution >= 4 is 34.8 Å². The first-order valence-electron chi connectivity index (χ1n) is 9.34. The molecule has 0 saturated carbocycles. The number of rotatable bonds is 0. The van der Waals surface area contributed by atoms with Crippen molar-refractivity contribution in [3.63, 3.8) is 0 Å². The molecule has 2 N–H and O–H groups in total. The van der Waals surface area contributed by atoms with Gasteiger partial charge in [0.25, 0.3) is 0 Å². The molecule has 0 aromatic heterocycles. The summed E-state index contributed by atoms with van der Waals surface area (Å²) < 4.78 is 2.56. The van der Waals surface area contributed by atoms with Crippen LogP contribution in [0.25, 0.3) is 0 Å². The van der Waals surface area contributed by atoms with E-state index in [-0.39, 0.29) is 34.8 Å². The maximum atomic E-state index is 7.89. The Morgan fingerprint density at radius 3 is 0.500 bits per heavy atom. The first-order chi connectivity index (χ1) is 10.9. The zero-order chi connectivity index (χ0) is 22.6. The monoisotopic (exact) mass is 488 g/mol. The molecule has 4 nitrogen and oxygen atoms in total. The quantitative estimate of drug-likeness (QED) is 0.317. The van der Waals surface area contributed by atoms with Crippen molar-refractivity contribution in [3.8, 4) is 0 Å². The Kier molecular flexibility index (Phi) is 20.0. The van der Waals surface area contributed by atoms with E-state index in [2.05, 4.69) is 83.1 Å². The molecular formula is C20H50Ga2N2O2. The van der Waals surface area contributed by atoms with E-state index in [1.807, 2.05) is 0 Å². The minimum absolute atomic E-state index is 0.0625. The molecule has 0 saturated heterocycles. The topological polar surface area (TPSA) is 46.9 Å². The van der Waals surface area contributed by atoms with Crippen molar-refractivity contribution in [1.29, 1.82) is 0 Å². The molecule has 0 aromatic carbocycles. The van der Waals surface area contributed by atoms with Gasteiger partial charge in [0.15, 0.2) is 0 Å². The molecule has 0 unspecified atom stereocenters. The molecule has 0 aliphatic heterocycles. The molecule has 0 rings (SSSR count). The summed E-state index contributed by atoms with van der Waals surface area (Å²) in [5.41, 5.74) is 0. The molecule has 0 fully saturated rings. The van der Waals surface area contributed by atoms with E-state index >= 15 is 0 Å². The van der Waals surface area contributed by atoms with Crippen LogP contribution in [0.3, 0.4) is 0 Å². The standard InChI is InChI=1S/4C4H9.2C2H7NO.2Ga/c4*1-4(2)3;2*1-3(2)4;;/h4*1-3H3;2*4H,1-2H3;;. The summed E-state index contributed by atoms with van der Waals surface area (Å²) in [6, 6.07) is 0. The van der Waals surface area contributed by atoms with Gasteiger partial charge in [-0.25, -0.2) is 0 Å². The van der Waals surface area contributed by atoms with Crippen LogP contribution in [0.2, 0.25) is 15.9 Å². The summed E-state index contributed by atoms with van der Waals surface area (Å²) in [6.07, 6.45) is 0. The molecule has 0 heterocycles. The van der Waals surface area contributed by atoms with Crippen molar-refractivity contribution < 1.29 is 10.4 Å². The molecular weight excluding hydrogens is 440 g/mol. The van der Waals surface area contributed by atoms with Crippen molar-refractivity contribution in [2.75, 3.05) is 28.2 Å². The molecule has 0 aromatic rings. The molecule has 0 amide bonds. The number of nitrogens with zero attached hydrogens (tertiary/aromatic N) is 2. The maximum absolute atomic E-state index is 7.89. The van der Waals surface area contributed by atoms with Gasteiger partial charge in [-0.1, -0.05) is 0 Å². The Morgan fingerprint density at radius 2 is 0.500 bits per heavy atom. The number of hydroxylamine groups is 4. The minimum atomic E-state index is -0.0625. The van der Waals surface area contributed by atoms with E-state index in [1.54, 1.807) is 28.2 Å². The summed E-state index contributed by atoms with van der Waals surface area (Å²) in [4.78, 5) is 0. The first kappa shape index (κ1) is 34.6. The molecule has 0 atom stereocenters. The molecule has 0 bridgehead atoms. The van der Waals surface area contributed by atoms with Crippen LogP contribution >= 0.6 is 0 Å². The van der Waals surface area contributed by atoms with Crippen LogP contribution in [0.1, 0.15) is 83.1 Å². The second-order valence-corrected chi connectivity index (χ2v) is 27.2. The van der Waals surface area contributed by atoms with Gasteiger partial charge >= 0.3 is 134 Å². The van der Waals surface area contributed by atoms with E-state index in [9.17, 15) is 0 Å². The van der Waals surface area contributed by atoms with E-state index in [0.29, 0.717) is 15.9 Å². The Hall–Kier alpha value is 1.11. The van der Waals surface area contributed by atoms with E-state index in [1.165, 1.54) is 0 Å². The molecule has 0 spiro atoms. The summed E-state index contributed by atoms with van der Waals surface area (Å²) in [5.74, 6) is 0. The Balaban J connectivity index is -0.000000134. The van der Waals surface area contributed by atoms with Crippen LogP contribution in [0.5, 0.6) is 0 Å². The van der Waals surface area contributed by atoms with Crippen molar-refractivity contribution in [2.45, 2.75) is 99.0 Å². The third kappa shape index (κ3) is 84.9. The van der Waals surface area contributed by atoms with Crippen molar-refractivity contribution in [1.82, 2.24) is 10.1 Å². The van der Waals surface area contributed by atoms with Gasteiger partial charge in [0.2, 0.25) is 0 Å². The molecule has 0 aliphatic carbocycles. The zero-order valence-electron chi connectivity index (χ0n) is 20.9. The Bertz CT molecular complexity index is 246. The Labute approximate surface area is 182 Å². The van der Waals surface area contributed by atoms with Gasteiger partial charge in [0.05, 0.1) is 0 Å². The third-order valence-corrected chi connectivity index (χ3v) is 9.00. The second kappa shape index (κ2) is 15.0. The predicted molar refractivity (Wildman–Crippen MR) is 121 cm³/mol. The van der Waals surface area contributed by atoms with Gasteiger partial charge in [-0.15, -0.1) is 0 Å². The van der Waals surface area contributed by atoms with Gasteiger partial charge in [0, 0.05) is 28.2 Å². The average molecular weight is 490 g/mol. The Morgan fingerprint density at radius 1 is 0.423 bits per heavy atom. The molecule has 158 valence electrons. The van der Waals surface area contributed by atoms with Crippen LogP contribution in [0, 0.1) is 0 Å². The molecule has 6 heteroatoms. The zero-order valence-corrected chi connectivity index (χ0v) is 25.8. The average Bonchev–Trinajstić information content (AvgIpc) is 2.00. The molecule has 26 heavy (non-hydrogen) atoms. The fourth-order valence-corrected chi connectivity index (χ4v) is 13.5. The van der Waals surface area contributed by atoms with Gasteiger partial charge in [-0.2, -0.15) is 10.1 Å². The van der Waals surface area contributed by atoms with Crippen molar-refractivity contribution in [2.24, 2.45) is 0 Å². The van der Waals surface area contributed by atoms with Crippen LogP contribution < -0.4 is 0 Å². The fraction of sp³-hybridized carbons (Fsp3) is 1.00. The van der Waals surface area contributed by atoms with Crippen LogP contribution in [-0.2, 0) is 0 Å². The summed E-state index contributed by atoms with van der Waals surface area (Å²) in [7, 11) is 6.22. The molecule has 0 aliphatic rings. The van der Waals surface area contributed by atoms with Crippen molar-refractivity contribution in [3.05, 3.63) is 0 Å². The number of hydrogen-bond donors (Lipinski definition) is 2. The molecule has 2 radical (unpaired) electrons. The van der Waals surface area contributed by atoms with E-state index in [0.717, 1.165) is 10.1 Å². The summed E-state index contributed by atoms with van der Waals surface area (Å²) in [5, 5.41) is 17.8. The van der Waals surface area contributed by atoms with Gasteiger partial charge in [-0.05, 0) is 0 Å². The van der Waals surface area contributed by atoms with Crippen LogP contribution in [-0.4, -0.2) is 83.5 Å². The third-order valence-electron chi connectivity index (χ3n) is 1.73. The SMILES string of the molecule is CN(C)O.CN(C)O.C[C](C)(C)[Ga][C](C)(C)C.C[C](C)(C)[Ga][C](C)(C)C. The normalized spacial score (nSPS) is 12.2. The first-order valence-corrected chi connectivity index (χ1v) is 14.2. The predicted octanol–water partition coefficient (Wildman–Crippen LogP) is 6.13. The fourth-order valence-electron chi connectivity index (χ4n) is 2.60. The van der Waals surface area contributed by atoms with E-state index < -0.39 is 0 Å².